The Morgan fingerprint density at radius 1 is 1.20 bits per heavy atom. The molecule has 0 unspecified atom stereocenters. The van der Waals surface area contributed by atoms with E-state index in [9.17, 15) is 0 Å². The maximum absolute atomic E-state index is 2.30. The molecule has 15 heavy (non-hydrogen) atoms. The van der Waals surface area contributed by atoms with Gasteiger partial charge >= 0.3 is 0 Å². The Morgan fingerprint density at radius 3 is 2.47 bits per heavy atom. The summed E-state index contributed by atoms with van der Waals surface area (Å²) in [7, 11) is 0. The molecule has 80 valence electrons. The second-order valence-corrected chi connectivity index (χ2v) is 3.80. The summed E-state index contributed by atoms with van der Waals surface area (Å²) >= 11 is 0. The number of allylic oxidation sites excluding steroid dienone is 2. The second-order valence-electron chi connectivity index (χ2n) is 3.80. The van der Waals surface area contributed by atoms with Gasteiger partial charge in [-0.3, -0.25) is 0 Å². The van der Waals surface area contributed by atoms with Crippen molar-refractivity contribution in [1.29, 1.82) is 0 Å². The Balaban J connectivity index is 3.10. The molecule has 1 rings (SSSR count). The third kappa shape index (κ3) is 3.75. The average Bonchev–Trinajstić information content (AvgIpc) is 2.27. The lowest BCUT2D eigenvalue weighted by Gasteiger charge is -1.93. The van der Waals surface area contributed by atoms with Gasteiger partial charge in [-0.15, -0.1) is 0 Å². The largest absolute Gasteiger partial charge is 0.0816 e. The van der Waals surface area contributed by atoms with E-state index in [1.54, 1.807) is 0 Å². The van der Waals surface area contributed by atoms with E-state index in [0.717, 1.165) is 0 Å². The molecule has 0 aliphatic heterocycles. The summed E-state index contributed by atoms with van der Waals surface area (Å²) in [4.78, 5) is 0. The lowest BCUT2D eigenvalue weighted by Crippen LogP contribution is -2.23. The fraction of sp³-hybridized carbons (Fsp3) is 0.333. The number of unbranched alkanes of at least 4 members (excludes halogenated alkanes) is 1. The molecular weight excluding hydrogens is 180 g/mol. The summed E-state index contributed by atoms with van der Waals surface area (Å²) in [5, 5.41) is 2.62. The van der Waals surface area contributed by atoms with Crippen molar-refractivity contribution >= 4 is 12.2 Å². The molecule has 0 fully saturated rings. The quantitative estimate of drug-likeness (QED) is 0.703. The standard InChI is InChI=1S/C15H20/c1-4-6-9-13(3)12-15-11-8-7-10-14(15)5-2/h5,7-12H,4,6H2,1-3H3. The van der Waals surface area contributed by atoms with Crippen LogP contribution in [0.2, 0.25) is 0 Å². The molecule has 0 atom stereocenters. The van der Waals surface area contributed by atoms with Crippen molar-refractivity contribution in [2.45, 2.75) is 33.6 Å². The van der Waals surface area contributed by atoms with Gasteiger partial charge in [0.1, 0.15) is 0 Å². The molecule has 0 aromatic heterocycles. The van der Waals surface area contributed by atoms with Gasteiger partial charge in [0, 0.05) is 0 Å². The number of benzene rings is 1. The first kappa shape index (κ1) is 11.8. The van der Waals surface area contributed by atoms with Crippen molar-refractivity contribution in [1.82, 2.24) is 0 Å². The minimum Gasteiger partial charge on any atom is -0.0816 e. The first-order valence-electron chi connectivity index (χ1n) is 5.67. The summed E-state index contributed by atoms with van der Waals surface area (Å²) < 4.78 is 0. The predicted molar refractivity (Wildman–Crippen MR) is 69.0 cm³/mol. The van der Waals surface area contributed by atoms with E-state index < -0.39 is 0 Å². The molecule has 0 radical (unpaired) electrons. The number of hydrogen-bond donors (Lipinski definition) is 0. The summed E-state index contributed by atoms with van der Waals surface area (Å²) in [6, 6.07) is 8.49. The summed E-state index contributed by atoms with van der Waals surface area (Å²) in [6.45, 7) is 6.46. The van der Waals surface area contributed by atoms with Gasteiger partial charge in [-0.05, 0) is 30.7 Å². The SMILES string of the molecule is CC=c1ccccc1=CC(C)=CCCC. The second kappa shape index (κ2) is 6.23. The van der Waals surface area contributed by atoms with Crippen LogP contribution in [0.1, 0.15) is 33.6 Å². The lowest BCUT2D eigenvalue weighted by atomic mass is 10.1. The van der Waals surface area contributed by atoms with Gasteiger partial charge < -0.3 is 0 Å². The van der Waals surface area contributed by atoms with Gasteiger partial charge in [0.05, 0.1) is 0 Å². The summed E-state index contributed by atoms with van der Waals surface area (Å²) in [6.07, 6.45) is 9.09. The molecule has 0 saturated heterocycles. The molecule has 0 aliphatic rings. The normalized spacial score (nSPS) is 14.7. The Bertz CT molecular complexity index is 435. The zero-order valence-corrected chi connectivity index (χ0v) is 9.96. The average molecular weight is 200 g/mol. The van der Waals surface area contributed by atoms with Crippen molar-refractivity contribution in [3.05, 3.63) is 46.4 Å². The Labute approximate surface area is 92.6 Å². The van der Waals surface area contributed by atoms with Crippen LogP contribution in [0.15, 0.2) is 35.9 Å². The Kier molecular flexibility index (Phi) is 4.89. The first-order chi connectivity index (χ1) is 7.27. The molecule has 0 heterocycles. The fourth-order valence-corrected chi connectivity index (χ4v) is 1.58. The lowest BCUT2D eigenvalue weighted by molar-refractivity contribution is 0.953. The highest BCUT2D eigenvalue weighted by atomic mass is 13.9. The van der Waals surface area contributed by atoms with Crippen LogP contribution in [0.5, 0.6) is 0 Å². The zero-order valence-electron chi connectivity index (χ0n) is 9.96. The van der Waals surface area contributed by atoms with Crippen LogP contribution in [0.3, 0.4) is 0 Å². The summed E-state index contributed by atoms with van der Waals surface area (Å²) in [5.41, 5.74) is 1.35. The number of rotatable bonds is 3. The van der Waals surface area contributed by atoms with Gasteiger partial charge in [0.15, 0.2) is 0 Å². The topological polar surface area (TPSA) is 0 Å². The van der Waals surface area contributed by atoms with E-state index in [0.29, 0.717) is 0 Å². The third-order valence-corrected chi connectivity index (χ3v) is 2.45. The van der Waals surface area contributed by atoms with E-state index in [4.69, 9.17) is 0 Å². The van der Waals surface area contributed by atoms with E-state index >= 15 is 0 Å². The maximum Gasteiger partial charge on any atom is -0.0185 e. The minimum absolute atomic E-state index is 1.17. The zero-order chi connectivity index (χ0) is 11.1. The summed E-state index contributed by atoms with van der Waals surface area (Å²) in [5.74, 6) is 0. The predicted octanol–water partition coefficient (Wildman–Crippen LogP) is 3.01. The third-order valence-electron chi connectivity index (χ3n) is 2.45. The molecule has 0 nitrogen and oxygen atoms in total. The van der Waals surface area contributed by atoms with Crippen molar-refractivity contribution in [3.63, 3.8) is 0 Å². The molecule has 0 amide bonds. The van der Waals surface area contributed by atoms with Crippen LogP contribution in [-0.4, -0.2) is 0 Å². The molecule has 0 N–H and O–H groups in total. The highest BCUT2D eigenvalue weighted by Crippen LogP contribution is 1.98. The van der Waals surface area contributed by atoms with Gasteiger partial charge in [0.25, 0.3) is 0 Å². The Morgan fingerprint density at radius 2 is 1.87 bits per heavy atom. The van der Waals surface area contributed by atoms with Crippen LogP contribution in [0.25, 0.3) is 12.2 Å². The minimum atomic E-state index is 1.17. The molecule has 0 heteroatoms. The van der Waals surface area contributed by atoms with Crippen LogP contribution in [0, 0.1) is 0 Å². The highest BCUT2D eigenvalue weighted by Gasteiger charge is 1.85. The molecule has 0 saturated carbocycles. The van der Waals surface area contributed by atoms with E-state index in [1.165, 1.54) is 28.9 Å². The van der Waals surface area contributed by atoms with Gasteiger partial charge in [-0.25, -0.2) is 0 Å². The molecule has 0 aliphatic carbocycles. The van der Waals surface area contributed by atoms with Crippen LogP contribution in [0.4, 0.5) is 0 Å². The molecule has 0 bridgehead atoms. The monoisotopic (exact) mass is 200 g/mol. The van der Waals surface area contributed by atoms with Crippen LogP contribution in [-0.2, 0) is 0 Å². The van der Waals surface area contributed by atoms with Gasteiger partial charge in [0.2, 0.25) is 0 Å². The Hall–Kier alpha value is -1.30. The smallest absolute Gasteiger partial charge is 0.0185 e. The van der Waals surface area contributed by atoms with E-state index in [-0.39, 0.29) is 0 Å². The van der Waals surface area contributed by atoms with Crippen molar-refractivity contribution in [2.24, 2.45) is 0 Å². The highest BCUT2D eigenvalue weighted by molar-refractivity contribution is 5.46. The van der Waals surface area contributed by atoms with Crippen molar-refractivity contribution < 1.29 is 0 Å². The van der Waals surface area contributed by atoms with E-state index in [2.05, 4.69) is 63.3 Å². The van der Waals surface area contributed by atoms with Crippen molar-refractivity contribution in [2.75, 3.05) is 0 Å². The molecular formula is C15H20. The number of hydrogen-bond acceptors (Lipinski definition) is 0. The molecule has 1 aromatic carbocycles. The van der Waals surface area contributed by atoms with E-state index in [1.807, 2.05) is 0 Å². The fourth-order valence-electron chi connectivity index (χ4n) is 1.58. The molecule has 0 spiro atoms. The van der Waals surface area contributed by atoms with Gasteiger partial charge in [-0.1, -0.05) is 61.4 Å². The van der Waals surface area contributed by atoms with Crippen LogP contribution >= 0.6 is 0 Å². The maximum atomic E-state index is 2.30. The molecule has 1 aromatic rings. The first-order valence-corrected chi connectivity index (χ1v) is 5.67. The van der Waals surface area contributed by atoms with Crippen molar-refractivity contribution in [3.8, 4) is 0 Å². The van der Waals surface area contributed by atoms with Gasteiger partial charge in [-0.2, -0.15) is 0 Å². The van der Waals surface area contributed by atoms with Crippen LogP contribution < -0.4 is 10.4 Å².